The third-order valence-electron chi connectivity index (χ3n) is 7.00. The molecule has 2 unspecified atom stereocenters. The van der Waals surface area contributed by atoms with Crippen molar-refractivity contribution in [2.75, 3.05) is 20.8 Å². The summed E-state index contributed by atoms with van der Waals surface area (Å²) in [5, 5.41) is 0. The second-order valence-corrected chi connectivity index (χ2v) is 9.90. The minimum Gasteiger partial charge on any atom is -0.383 e. The fraction of sp³-hybridized carbons (Fsp3) is 0.800. The number of aromatic nitrogens is 1. The Balaban J connectivity index is 1.68. The van der Waals surface area contributed by atoms with Gasteiger partial charge in [-0.2, -0.15) is 4.99 Å². The lowest BCUT2D eigenvalue weighted by molar-refractivity contribution is -0.186. The average molecular weight is 379 g/mol. The molecule has 0 aliphatic heterocycles. The van der Waals surface area contributed by atoms with E-state index in [9.17, 15) is 4.79 Å². The van der Waals surface area contributed by atoms with Gasteiger partial charge in [-0.05, 0) is 64.2 Å². The number of carbonyl (C=O) groups is 1. The number of hydrogen-bond acceptors (Lipinski definition) is 4. The molecule has 1 heterocycles. The van der Waals surface area contributed by atoms with Gasteiger partial charge in [0.1, 0.15) is 0 Å². The first-order chi connectivity index (χ1) is 12.4. The van der Waals surface area contributed by atoms with E-state index in [1.807, 2.05) is 7.11 Å². The molecular weight excluding hydrogens is 348 g/mol. The van der Waals surface area contributed by atoms with Crippen LogP contribution in [-0.4, -0.2) is 36.9 Å². The molecule has 4 bridgehead atoms. The topological polar surface area (TPSA) is 52.8 Å². The molecule has 0 N–H and O–H groups in total. The predicted octanol–water partition coefficient (Wildman–Crippen LogP) is 3.23. The van der Waals surface area contributed by atoms with Crippen LogP contribution in [0.25, 0.3) is 0 Å². The first kappa shape index (κ1) is 18.4. The molecule has 5 nitrogen and oxygen atoms in total. The quantitative estimate of drug-likeness (QED) is 0.790. The van der Waals surface area contributed by atoms with Crippen molar-refractivity contribution in [2.24, 2.45) is 22.2 Å². The number of ether oxygens (including phenoxy) is 2. The molecule has 2 atom stereocenters. The monoisotopic (exact) mass is 378 g/mol. The number of nitrogens with zero attached hydrogens (tertiary/aromatic N) is 2. The van der Waals surface area contributed by atoms with E-state index in [0.29, 0.717) is 18.4 Å². The van der Waals surface area contributed by atoms with E-state index in [2.05, 4.69) is 23.4 Å². The Morgan fingerprint density at radius 2 is 1.92 bits per heavy atom. The highest BCUT2D eigenvalue weighted by molar-refractivity contribution is 7.09. The highest BCUT2D eigenvalue weighted by Crippen LogP contribution is 2.63. The van der Waals surface area contributed by atoms with E-state index in [4.69, 9.17) is 9.47 Å². The second-order valence-electron chi connectivity index (χ2n) is 8.72. The van der Waals surface area contributed by atoms with Crippen LogP contribution in [0.15, 0.2) is 4.99 Å². The van der Waals surface area contributed by atoms with Crippen molar-refractivity contribution < 1.29 is 14.3 Å². The largest absolute Gasteiger partial charge is 0.383 e. The molecule has 144 valence electrons. The van der Waals surface area contributed by atoms with E-state index >= 15 is 0 Å². The Kier molecular flexibility index (Phi) is 4.65. The summed E-state index contributed by atoms with van der Waals surface area (Å²) in [7, 11) is 3.53. The molecule has 1 amide bonds. The average Bonchev–Trinajstić information content (AvgIpc) is 2.85. The fourth-order valence-electron chi connectivity index (χ4n) is 6.00. The molecule has 0 radical (unpaired) electrons. The van der Waals surface area contributed by atoms with E-state index in [1.165, 1.54) is 17.0 Å². The minimum absolute atomic E-state index is 0.0808. The molecule has 0 aromatic carbocycles. The van der Waals surface area contributed by atoms with Crippen molar-refractivity contribution in [3.05, 3.63) is 15.4 Å². The number of aryl methyl sites for hydroxylation is 1. The summed E-state index contributed by atoms with van der Waals surface area (Å²) in [6, 6.07) is 0. The summed E-state index contributed by atoms with van der Waals surface area (Å²) < 4.78 is 13.3. The molecular formula is C20H30N2O3S. The van der Waals surface area contributed by atoms with Crippen molar-refractivity contribution in [1.29, 1.82) is 0 Å². The van der Waals surface area contributed by atoms with Crippen molar-refractivity contribution >= 4 is 17.2 Å². The summed E-state index contributed by atoms with van der Waals surface area (Å²) >= 11 is 1.62. The Morgan fingerprint density at radius 3 is 2.54 bits per heavy atom. The first-order valence-corrected chi connectivity index (χ1v) is 10.5. The molecule has 0 spiro atoms. The normalized spacial score (nSPS) is 36.1. The van der Waals surface area contributed by atoms with Gasteiger partial charge in [0, 0.05) is 31.3 Å². The van der Waals surface area contributed by atoms with Gasteiger partial charge in [0.05, 0.1) is 17.6 Å². The Morgan fingerprint density at radius 1 is 1.23 bits per heavy atom. The van der Waals surface area contributed by atoms with E-state index < -0.39 is 0 Å². The minimum atomic E-state index is -0.301. The smallest absolute Gasteiger partial charge is 0.254 e. The lowest BCUT2D eigenvalue weighted by Crippen LogP contribution is -2.58. The third-order valence-corrected chi connectivity index (χ3v) is 8.10. The van der Waals surface area contributed by atoms with Gasteiger partial charge in [-0.1, -0.05) is 0 Å². The Bertz CT molecular complexity index is 765. The third kappa shape index (κ3) is 2.90. The maximum atomic E-state index is 13.4. The van der Waals surface area contributed by atoms with Gasteiger partial charge in [0.25, 0.3) is 5.91 Å². The molecule has 1 aromatic heterocycles. The van der Waals surface area contributed by atoms with E-state index in [0.717, 1.165) is 43.5 Å². The van der Waals surface area contributed by atoms with E-state index in [1.54, 1.807) is 18.4 Å². The van der Waals surface area contributed by atoms with Crippen LogP contribution in [0, 0.1) is 31.1 Å². The zero-order valence-corrected chi connectivity index (χ0v) is 17.2. The predicted molar refractivity (Wildman–Crippen MR) is 101 cm³/mol. The summed E-state index contributed by atoms with van der Waals surface area (Å²) in [6.07, 6.45) is 6.37. The highest BCUT2D eigenvalue weighted by atomic mass is 32.1. The van der Waals surface area contributed by atoms with Crippen LogP contribution in [0.4, 0.5) is 0 Å². The zero-order valence-electron chi connectivity index (χ0n) is 16.3. The number of hydrogen-bond donors (Lipinski definition) is 0. The zero-order chi connectivity index (χ0) is 18.5. The number of methoxy groups -OCH3 is 2. The summed E-state index contributed by atoms with van der Waals surface area (Å²) in [6.45, 7) is 5.55. The Labute approximate surface area is 159 Å². The molecule has 4 aliphatic carbocycles. The van der Waals surface area contributed by atoms with Crippen LogP contribution in [0.2, 0.25) is 0 Å². The molecule has 4 fully saturated rings. The molecule has 0 saturated heterocycles. The second kappa shape index (κ2) is 6.57. The van der Waals surface area contributed by atoms with Crippen LogP contribution in [0.3, 0.4) is 0 Å². The first-order valence-electron chi connectivity index (χ1n) is 9.70. The van der Waals surface area contributed by atoms with Crippen LogP contribution in [0.1, 0.15) is 49.1 Å². The fourth-order valence-corrected chi connectivity index (χ4v) is 7.00. The van der Waals surface area contributed by atoms with Crippen molar-refractivity contribution in [2.45, 2.75) is 64.5 Å². The van der Waals surface area contributed by atoms with Crippen LogP contribution >= 0.6 is 11.3 Å². The van der Waals surface area contributed by atoms with Crippen LogP contribution < -0.4 is 4.80 Å². The number of carbonyl (C=O) groups excluding carboxylic acids is 1. The van der Waals surface area contributed by atoms with Gasteiger partial charge in [-0.25, -0.2) is 0 Å². The number of rotatable bonds is 5. The lowest BCUT2D eigenvalue weighted by Gasteiger charge is -2.60. The molecule has 4 aliphatic rings. The van der Waals surface area contributed by atoms with Gasteiger partial charge in [-0.3, -0.25) is 4.79 Å². The van der Waals surface area contributed by atoms with Crippen molar-refractivity contribution in [3.8, 4) is 0 Å². The highest BCUT2D eigenvalue weighted by Gasteiger charge is 2.61. The molecule has 5 rings (SSSR count). The molecule has 6 heteroatoms. The summed E-state index contributed by atoms with van der Waals surface area (Å²) in [4.78, 5) is 20.1. The van der Waals surface area contributed by atoms with Gasteiger partial charge in [0.15, 0.2) is 4.80 Å². The SMILES string of the molecule is COCCn1c(C)c(C)sc1=NC(=O)C12CC3CC(CC(OC)(C3)C1)C2. The number of thiazole rings is 1. The van der Waals surface area contributed by atoms with Crippen molar-refractivity contribution in [1.82, 2.24) is 4.57 Å². The van der Waals surface area contributed by atoms with Gasteiger partial charge >= 0.3 is 0 Å². The van der Waals surface area contributed by atoms with Crippen molar-refractivity contribution in [3.63, 3.8) is 0 Å². The van der Waals surface area contributed by atoms with E-state index in [-0.39, 0.29) is 16.9 Å². The van der Waals surface area contributed by atoms with Gasteiger partial charge < -0.3 is 14.0 Å². The number of amides is 1. The maximum Gasteiger partial charge on any atom is 0.254 e. The molecule has 1 aromatic rings. The lowest BCUT2D eigenvalue weighted by atomic mass is 9.47. The summed E-state index contributed by atoms with van der Waals surface area (Å²) in [5.74, 6) is 1.34. The molecule has 26 heavy (non-hydrogen) atoms. The summed E-state index contributed by atoms with van der Waals surface area (Å²) in [5.41, 5.74) is 0.797. The van der Waals surface area contributed by atoms with Gasteiger partial charge in [0.2, 0.25) is 0 Å². The van der Waals surface area contributed by atoms with Gasteiger partial charge in [-0.15, -0.1) is 11.3 Å². The maximum absolute atomic E-state index is 13.4. The standard InChI is InChI=1S/C20H30N2O3S/c1-13-14(2)26-18(22(13)5-6-24-3)21-17(23)19-8-15-7-16(9-19)11-20(10-15,12-19)25-4/h15-16H,5-12H2,1-4H3. The van der Waals surface area contributed by atoms with Crippen LogP contribution in [0.5, 0.6) is 0 Å². The molecule has 4 saturated carbocycles. The Hall–Kier alpha value is -0.980. The van der Waals surface area contributed by atoms with Crippen LogP contribution in [-0.2, 0) is 20.8 Å².